The van der Waals surface area contributed by atoms with Gasteiger partial charge < -0.3 is 11.1 Å². The van der Waals surface area contributed by atoms with Gasteiger partial charge in [-0.25, -0.2) is 0 Å². The third-order valence-electron chi connectivity index (χ3n) is 2.32. The third-order valence-corrected chi connectivity index (χ3v) is 2.32. The van der Waals surface area contributed by atoms with Gasteiger partial charge in [0.15, 0.2) is 0 Å². The number of carbonyl (C=O) groups is 1. The Balaban J connectivity index is 2.56. The molecule has 0 radical (unpaired) electrons. The fourth-order valence-electron chi connectivity index (χ4n) is 1.22. The number of aromatic nitrogens is 1. The van der Waals surface area contributed by atoms with E-state index in [2.05, 4.69) is 10.3 Å². The smallest absolute Gasteiger partial charge is 0.237 e. The maximum atomic E-state index is 11.5. The molecule has 1 aromatic heterocycles. The average Bonchev–Trinajstić information content (AvgIpc) is 2.29. The molecule has 0 saturated heterocycles. The van der Waals surface area contributed by atoms with Crippen molar-refractivity contribution in [2.45, 2.75) is 32.4 Å². The molecule has 0 fully saturated rings. The van der Waals surface area contributed by atoms with E-state index in [1.807, 2.05) is 26.0 Å². The Hall–Kier alpha value is -1.42. The Morgan fingerprint density at radius 3 is 2.93 bits per heavy atom. The number of hydrogen-bond acceptors (Lipinski definition) is 3. The zero-order valence-corrected chi connectivity index (χ0v) is 9.10. The largest absolute Gasteiger partial charge is 0.348 e. The maximum absolute atomic E-state index is 11.5. The van der Waals surface area contributed by atoms with Crippen molar-refractivity contribution < 1.29 is 4.79 Å². The summed E-state index contributed by atoms with van der Waals surface area (Å²) >= 11 is 0. The first-order chi connectivity index (χ1) is 7.15. The molecule has 3 N–H and O–H groups in total. The van der Waals surface area contributed by atoms with Gasteiger partial charge in [-0.05, 0) is 25.0 Å². The van der Waals surface area contributed by atoms with Crippen molar-refractivity contribution in [3.63, 3.8) is 0 Å². The second kappa shape index (κ2) is 5.46. The quantitative estimate of drug-likeness (QED) is 0.773. The molecular formula is C11H17N3O. The second-order valence-corrected chi connectivity index (χ2v) is 3.53. The predicted molar refractivity (Wildman–Crippen MR) is 59.1 cm³/mol. The van der Waals surface area contributed by atoms with Gasteiger partial charge in [0.25, 0.3) is 0 Å². The van der Waals surface area contributed by atoms with Crippen LogP contribution in [0.1, 0.15) is 31.9 Å². The number of nitrogens with two attached hydrogens (primary N) is 1. The minimum atomic E-state index is -0.427. The van der Waals surface area contributed by atoms with E-state index in [4.69, 9.17) is 5.73 Å². The van der Waals surface area contributed by atoms with Crippen LogP contribution in [0, 0.1) is 0 Å². The van der Waals surface area contributed by atoms with E-state index in [1.165, 1.54) is 0 Å². The zero-order valence-electron chi connectivity index (χ0n) is 9.10. The Morgan fingerprint density at radius 2 is 2.40 bits per heavy atom. The van der Waals surface area contributed by atoms with Gasteiger partial charge in [0.2, 0.25) is 5.91 Å². The first-order valence-electron chi connectivity index (χ1n) is 5.11. The highest BCUT2D eigenvalue weighted by Gasteiger charge is 2.14. The van der Waals surface area contributed by atoms with E-state index in [0.717, 1.165) is 5.56 Å². The standard InChI is InChI=1S/C11H17N3O/c1-3-10(12)11(15)14-8(2)9-5-4-6-13-7-9/h4-8,10H,3,12H2,1-2H3,(H,14,15)/t8?,10-/m0/s1. The lowest BCUT2D eigenvalue weighted by Gasteiger charge is -2.16. The highest BCUT2D eigenvalue weighted by Crippen LogP contribution is 2.09. The summed E-state index contributed by atoms with van der Waals surface area (Å²) < 4.78 is 0. The minimum absolute atomic E-state index is 0.0520. The fraction of sp³-hybridized carbons (Fsp3) is 0.455. The molecule has 15 heavy (non-hydrogen) atoms. The fourth-order valence-corrected chi connectivity index (χ4v) is 1.22. The number of carbonyl (C=O) groups excluding carboxylic acids is 1. The third kappa shape index (κ3) is 3.32. The molecule has 0 aliphatic carbocycles. The van der Waals surface area contributed by atoms with E-state index >= 15 is 0 Å². The van der Waals surface area contributed by atoms with E-state index in [1.54, 1.807) is 12.4 Å². The number of pyridine rings is 1. The van der Waals surface area contributed by atoms with Gasteiger partial charge in [-0.15, -0.1) is 0 Å². The molecule has 0 spiro atoms. The summed E-state index contributed by atoms with van der Waals surface area (Å²) in [5, 5.41) is 2.84. The van der Waals surface area contributed by atoms with E-state index < -0.39 is 6.04 Å². The summed E-state index contributed by atoms with van der Waals surface area (Å²) in [6, 6.07) is 3.29. The van der Waals surface area contributed by atoms with Crippen molar-refractivity contribution in [1.82, 2.24) is 10.3 Å². The molecule has 1 aromatic rings. The first-order valence-corrected chi connectivity index (χ1v) is 5.11. The van der Waals surface area contributed by atoms with Crippen LogP contribution in [0.2, 0.25) is 0 Å². The maximum Gasteiger partial charge on any atom is 0.237 e. The molecule has 1 unspecified atom stereocenters. The van der Waals surface area contributed by atoms with Gasteiger partial charge >= 0.3 is 0 Å². The van der Waals surface area contributed by atoms with Crippen molar-refractivity contribution in [1.29, 1.82) is 0 Å². The summed E-state index contributed by atoms with van der Waals surface area (Å²) in [6.07, 6.45) is 4.09. The summed E-state index contributed by atoms with van der Waals surface area (Å²) in [5.74, 6) is -0.117. The Labute approximate surface area is 89.9 Å². The van der Waals surface area contributed by atoms with Crippen LogP contribution in [0.5, 0.6) is 0 Å². The molecule has 0 aromatic carbocycles. The molecule has 4 heteroatoms. The number of hydrogen-bond donors (Lipinski definition) is 2. The molecule has 1 rings (SSSR count). The molecular weight excluding hydrogens is 190 g/mol. The summed E-state index contributed by atoms with van der Waals surface area (Å²) in [5.41, 5.74) is 6.60. The Bertz CT molecular complexity index is 313. The molecule has 0 aliphatic rings. The Morgan fingerprint density at radius 1 is 1.67 bits per heavy atom. The van der Waals surface area contributed by atoms with Crippen molar-refractivity contribution >= 4 is 5.91 Å². The first kappa shape index (κ1) is 11.7. The monoisotopic (exact) mass is 207 g/mol. The summed E-state index contributed by atoms with van der Waals surface area (Å²) in [7, 11) is 0. The SMILES string of the molecule is CC[C@H](N)C(=O)NC(C)c1cccnc1. The van der Waals surface area contributed by atoms with Crippen LogP contribution < -0.4 is 11.1 Å². The molecule has 4 nitrogen and oxygen atoms in total. The van der Waals surface area contributed by atoms with E-state index in [9.17, 15) is 4.79 Å². The molecule has 0 bridgehead atoms. The minimum Gasteiger partial charge on any atom is -0.348 e. The van der Waals surface area contributed by atoms with Crippen molar-refractivity contribution in [2.75, 3.05) is 0 Å². The zero-order chi connectivity index (χ0) is 11.3. The van der Waals surface area contributed by atoms with Crippen molar-refractivity contribution in [2.24, 2.45) is 5.73 Å². The van der Waals surface area contributed by atoms with Crippen LogP contribution in [0.25, 0.3) is 0 Å². The molecule has 0 saturated carbocycles. The lowest BCUT2D eigenvalue weighted by atomic mass is 10.1. The number of amides is 1. The lowest BCUT2D eigenvalue weighted by Crippen LogP contribution is -2.41. The average molecular weight is 207 g/mol. The number of nitrogens with one attached hydrogen (secondary N) is 1. The van der Waals surface area contributed by atoms with Crippen LogP contribution in [0.3, 0.4) is 0 Å². The van der Waals surface area contributed by atoms with Gasteiger partial charge in [-0.3, -0.25) is 9.78 Å². The lowest BCUT2D eigenvalue weighted by molar-refractivity contribution is -0.123. The Kier molecular flexibility index (Phi) is 4.24. The van der Waals surface area contributed by atoms with Gasteiger partial charge in [-0.1, -0.05) is 13.0 Å². The van der Waals surface area contributed by atoms with Crippen molar-refractivity contribution in [3.8, 4) is 0 Å². The molecule has 0 aliphatic heterocycles. The summed E-state index contributed by atoms with van der Waals surface area (Å²) in [4.78, 5) is 15.5. The van der Waals surface area contributed by atoms with Crippen molar-refractivity contribution in [3.05, 3.63) is 30.1 Å². The van der Waals surface area contributed by atoms with Crippen LogP contribution in [0.4, 0.5) is 0 Å². The second-order valence-electron chi connectivity index (χ2n) is 3.53. The van der Waals surface area contributed by atoms with E-state index in [0.29, 0.717) is 6.42 Å². The molecule has 2 atom stereocenters. The molecule has 82 valence electrons. The number of rotatable bonds is 4. The van der Waals surface area contributed by atoms with Gasteiger partial charge in [-0.2, -0.15) is 0 Å². The topological polar surface area (TPSA) is 68.0 Å². The summed E-state index contributed by atoms with van der Waals surface area (Å²) in [6.45, 7) is 3.80. The van der Waals surface area contributed by atoms with Crippen LogP contribution >= 0.6 is 0 Å². The highest BCUT2D eigenvalue weighted by atomic mass is 16.2. The predicted octanol–water partition coefficient (Wildman–Crippen LogP) is 0.996. The van der Waals surface area contributed by atoms with Gasteiger partial charge in [0.1, 0.15) is 0 Å². The van der Waals surface area contributed by atoms with Crippen LogP contribution in [-0.4, -0.2) is 16.9 Å². The van der Waals surface area contributed by atoms with Crippen LogP contribution in [0.15, 0.2) is 24.5 Å². The van der Waals surface area contributed by atoms with E-state index in [-0.39, 0.29) is 11.9 Å². The van der Waals surface area contributed by atoms with Gasteiger partial charge in [0.05, 0.1) is 12.1 Å². The molecule has 1 amide bonds. The normalized spacial score (nSPS) is 14.3. The molecule has 1 heterocycles. The number of nitrogens with zero attached hydrogens (tertiary/aromatic N) is 1. The van der Waals surface area contributed by atoms with Gasteiger partial charge in [0, 0.05) is 12.4 Å². The highest BCUT2D eigenvalue weighted by molar-refractivity contribution is 5.81. The van der Waals surface area contributed by atoms with Crippen LogP contribution in [-0.2, 0) is 4.79 Å².